The summed E-state index contributed by atoms with van der Waals surface area (Å²) in [6.07, 6.45) is 9.45. The lowest BCUT2D eigenvalue weighted by Crippen LogP contribution is -2.53. The number of methoxy groups -OCH3 is 1. The fourth-order valence-electron chi connectivity index (χ4n) is 4.95. The first-order valence-electron chi connectivity index (χ1n) is 12.3. The number of pyridine rings is 1. The van der Waals surface area contributed by atoms with Gasteiger partial charge in [0.2, 0.25) is 5.88 Å². The minimum Gasteiger partial charge on any atom is -0.495 e. The maximum absolute atomic E-state index is 5.80. The zero-order valence-corrected chi connectivity index (χ0v) is 20.8. The molecule has 9 nitrogen and oxygen atoms in total. The number of hydrogen-bond donors (Lipinski definition) is 1. The summed E-state index contributed by atoms with van der Waals surface area (Å²) < 4.78 is 19.2. The number of hydrogen-bond acceptors (Lipinski definition) is 8. The third-order valence-electron chi connectivity index (χ3n) is 6.80. The summed E-state index contributed by atoms with van der Waals surface area (Å²) in [6, 6.07) is 8.27. The molecule has 4 aromatic rings. The Morgan fingerprint density at radius 2 is 2.06 bits per heavy atom. The van der Waals surface area contributed by atoms with E-state index in [9.17, 15) is 0 Å². The second kappa shape index (κ2) is 8.98. The lowest BCUT2D eigenvalue weighted by Gasteiger charge is -2.44. The number of fused-ring (bicyclic) bond motifs is 2. The van der Waals surface area contributed by atoms with E-state index in [4.69, 9.17) is 19.2 Å². The molecule has 0 atom stereocenters. The minimum absolute atomic E-state index is 0.119. The van der Waals surface area contributed by atoms with Crippen molar-refractivity contribution in [2.75, 3.05) is 43.7 Å². The van der Waals surface area contributed by atoms with E-state index in [1.165, 1.54) is 0 Å². The van der Waals surface area contributed by atoms with Gasteiger partial charge in [-0.05, 0) is 44.9 Å². The molecule has 2 aliphatic rings. The lowest BCUT2D eigenvalue weighted by molar-refractivity contribution is 0.0641. The Hall–Kier alpha value is -3.85. The smallest absolute Gasteiger partial charge is 0.216 e. The van der Waals surface area contributed by atoms with Crippen LogP contribution in [-0.4, -0.2) is 58.4 Å². The molecule has 6 rings (SSSR count). The highest BCUT2D eigenvalue weighted by Crippen LogP contribution is 2.37. The summed E-state index contributed by atoms with van der Waals surface area (Å²) in [5.41, 5.74) is 5.41. The molecular formula is C27H30N6O3. The van der Waals surface area contributed by atoms with Crippen LogP contribution in [-0.2, 0) is 11.2 Å². The number of aryl methyl sites for hydroxylation is 1. The molecule has 2 aliphatic heterocycles. The Labute approximate surface area is 210 Å². The van der Waals surface area contributed by atoms with Crippen molar-refractivity contribution in [2.24, 2.45) is 0 Å². The highest BCUT2D eigenvalue weighted by Gasteiger charge is 2.32. The van der Waals surface area contributed by atoms with E-state index in [2.05, 4.69) is 52.2 Å². The zero-order valence-electron chi connectivity index (χ0n) is 20.8. The van der Waals surface area contributed by atoms with Crippen molar-refractivity contribution in [3.05, 3.63) is 54.6 Å². The second-order valence-electron chi connectivity index (χ2n) is 9.80. The highest BCUT2D eigenvalue weighted by molar-refractivity contribution is 5.76. The van der Waals surface area contributed by atoms with Crippen LogP contribution in [0.4, 0.5) is 17.2 Å². The maximum Gasteiger partial charge on any atom is 0.216 e. The molecule has 1 aromatic carbocycles. The number of rotatable bonds is 5. The van der Waals surface area contributed by atoms with Crippen LogP contribution in [0.5, 0.6) is 11.6 Å². The number of ether oxygens (including phenoxy) is 3. The molecule has 1 N–H and O–H groups in total. The average molecular weight is 487 g/mol. The van der Waals surface area contributed by atoms with Gasteiger partial charge < -0.3 is 28.8 Å². The standard InChI is InChI=1S/C27H30N6O3/c1-27(2)17-35-12-10-33(27)22-7-6-20(14-23(22)34-3)30-24-25-28-8-9-32(25)16-21(31-24)19-13-18-5-4-11-36-26(18)29-15-19/h6-9,13-16H,4-5,10-12,17H2,1-3H3,(H,30,31). The van der Waals surface area contributed by atoms with Crippen molar-refractivity contribution in [3.8, 4) is 22.9 Å². The van der Waals surface area contributed by atoms with E-state index in [1.807, 2.05) is 29.1 Å². The van der Waals surface area contributed by atoms with Crippen molar-refractivity contribution in [3.63, 3.8) is 0 Å². The molecule has 186 valence electrons. The van der Waals surface area contributed by atoms with Crippen molar-refractivity contribution < 1.29 is 14.2 Å². The van der Waals surface area contributed by atoms with Gasteiger partial charge in [-0.3, -0.25) is 0 Å². The van der Waals surface area contributed by atoms with E-state index in [-0.39, 0.29) is 5.54 Å². The van der Waals surface area contributed by atoms with Gasteiger partial charge in [-0.25, -0.2) is 15.0 Å². The van der Waals surface area contributed by atoms with Gasteiger partial charge in [-0.15, -0.1) is 0 Å². The first-order chi connectivity index (χ1) is 17.5. The highest BCUT2D eigenvalue weighted by atomic mass is 16.5. The Bertz CT molecular complexity index is 1420. The van der Waals surface area contributed by atoms with Crippen LogP contribution in [0.15, 0.2) is 49.1 Å². The van der Waals surface area contributed by atoms with Gasteiger partial charge in [0.05, 0.1) is 43.9 Å². The Morgan fingerprint density at radius 3 is 2.92 bits per heavy atom. The molecule has 0 unspecified atom stereocenters. The maximum atomic E-state index is 5.80. The molecule has 1 fully saturated rings. The fourth-order valence-corrected chi connectivity index (χ4v) is 4.95. The molecule has 36 heavy (non-hydrogen) atoms. The molecule has 0 amide bonds. The van der Waals surface area contributed by atoms with Gasteiger partial charge in [0.25, 0.3) is 0 Å². The molecule has 0 radical (unpaired) electrons. The van der Waals surface area contributed by atoms with Gasteiger partial charge >= 0.3 is 0 Å². The van der Waals surface area contributed by atoms with Crippen LogP contribution in [0.25, 0.3) is 16.9 Å². The summed E-state index contributed by atoms with van der Waals surface area (Å²) in [5.74, 6) is 2.18. The van der Waals surface area contributed by atoms with Gasteiger partial charge in [0.15, 0.2) is 11.5 Å². The van der Waals surface area contributed by atoms with Crippen molar-refractivity contribution in [1.82, 2.24) is 19.4 Å². The first-order valence-corrected chi connectivity index (χ1v) is 12.3. The SMILES string of the molecule is COc1cc(Nc2nc(-c3cnc4c(c3)CCCO4)cn3ccnc23)ccc1N1CCOCC1(C)C. The monoisotopic (exact) mass is 486 g/mol. The van der Waals surface area contributed by atoms with Gasteiger partial charge in [-0.1, -0.05) is 0 Å². The number of anilines is 3. The molecule has 0 spiro atoms. The molecule has 5 heterocycles. The number of nitrogens with zero attached hydrogens (tertiary/aromatic N) is 5. The summed E-state index contributed by atoms with van der Waals surface area (Å²) in [7, 11) is 1.70. The second-order valence-corrected chi connectivity index (χ2v) is 9.80. The predicted molar refractivity (Wildman–Crippen MR) is 139 cm³/mol. The summed E-state index contributed by atoms with van der Waals surface area (Å²) >= 11 is 0. The largest absolute Gasteiger partial charge is 0.495 e. The summed E-state index contributed by atoms with van der Waals surface area (Å²) in [6.45, 7) is 7.28. The van der Waals surface area contributed by atoms with E-state index in [0.717, 1.165) is 71.5 Å². The van der Waals surface area contributed by atoms with Crippen LogP contribution in [0.2, 0.25) is 0 Å². The summed E-state index contributed by atoms with van der Waals surface area (Å²) in [4.78, 5) is 16.3. The number of aromatic nitrogens is 4. The topological polar surface area (TPSA) is 86.0 Å². The molecule has 0 bridgehead atoms. The molecule has 0 aliphatic carbocycles. The van der Waals surface area contributed by atoms with Crippen LogP contribution >= 0.6 is 0 Å². The normalized spacial score (nSPS) is 16.9. The number of imidazole rings is 1. The van der Waals surface area contributed by atoms with Crippen molar-refractivity contribution in [1.29, 1.82) is 0 Å². The quantitative estimate of drug-likeness (QED) is 0.442. The van der Waals surface area contributed by atoms with Gasteiger partial charge in [0, 0.05) is 54.2 Å². The van der Waals surface area contributed by atoms with Crippen LogP contribution in [0.1, 0.15) is 25.8 Å². The van der Waals surface area contributed by atoms with E-state index >= 15 is 0 Å². The van der Waals surface area contributed by atoms with Crippen molar-refractivity contribution >= 4 is 22.8 Å². The zero-order chi connectivity index (χ0) is 24.7. The molecule has 9 heteroatoms. The molecular weight excluding hydrogens is 456 g/mol. The first kappa shape index (κ1) is 22.6. The van der Waals surface area contributed by atoms with Crippen LogP contribution < -0.4 is 19.7 Å². The predicted octanol–water partition coefficient (Wildman–Crippen LogP) is 4.48. The van der Waals surface area contributed by atoms with E-state index < -0.39 is 0 Å². The molecule has 0 saturated carbocycles. The Kier molecular flexibility index (Phi) is 5.64. The lowest BCUT2D eigenvalue weighted by atomic mass is 10.0. The number of benzene rings is 1. The average Bonchev–Trinajstić information content (AvgIpc) is 3.37. The van der Waals surface area contributed by atoms with E-state index in [0.29, 0.717) is 19.0 Å². The van der Waals surface area contributed by atoms with E-state index in [1.54, 1.807) is 13.3 Å². The van der Waals surface area contributed by atoms with Crippen molar-refractivity contribution in [2.45, 2.75) is 32.2 Å². The Morgan fingerprint density at radius 1 is 1.14 bits per heavy atom. The number of nitrogens with one attached hydrogen (secondary N) is 1. The van der Waals surface area contributed by atoms with Gasteiger partial charge in [0.1, 0.15) is 5.75 Å². The Balaban J connectivity index is 1.35. The molecule has 3 aromatic heterocycles. The molecule has 1 saturated heterocycles. The van der Waals surface area contributed by atoms with Gasteiger partial charge in [-0.2, -0.15) is 0 Å². The van der Waals surface area contributed by atoms with Crippen LogP contribution in [0.3, 0.4) is 0 Å². The number of morpholine rings is 1. The summed E-state index contributed by atoms with van der Waals surface area (Å²) in [5, 5.41) is 3.47. The third kappa shape index (κ3) is 4.09. The third-order valence-corrected chi connectivity index (χ3v) is 6.80. The van der Waals surface area contributed by atoms with Crippen LogP contribution in [0, 0.1) is 0 Å². The minimum atomic E-state index is -0.119. The fraction of sp³-hybridized carbons (Fsp3) is 0.370.